The van der Waals surface area contributed by atoms with Crippen molar-refractivity contribution in [2.75, 3.05) is 19.6 Å². The van der Waals surface area contributed by atoms with Crippen molar-refractivity contribution in [3.8, 4) is 11.5 Å². The normalized spacial score (nSPS) is 17.8. The molecule has 0 radical (unpaired) electrons. The number of amides is 1. The van der Waals surface area contributed by atoms with Crippen molar-refractivity contribution < 1.29 is 13.7 Å². The van der Waals surface area contributed by atoms with Crippen LogP contribution in [-0.2, 0) is 6.42 Å². The van der Waals surface area contributed by atoms with Gasteiger partial charge in [0.25, 0.3) is 11.6 Å². The van der Waals surface area contributed by atoms with Crippen LogP contribution in [0.5, 0.6) is 0 Å². The summed E-state index contributed by atoms with van der Waals surface area (Å²) in [6, 6.07) is 5.54. The number of rotatable bonds is 4. The first-order valence-corrected chi connectivity index (χ1v) is 9.04. The molecule has 1 fully saturated rings. The molecule has 0 aliphatic carbocycles. The van der Waals surface area contributed by atoms with Crippen molar-refractivity contribution in [2.45, 2.75) is 32.7 Å². The van der Waals surface area contributed by atoms with Gasteiger partial charge in [0, 0.05) is 25.7 Å². The third-order valence-electron chi connectivity index (χ3n) is 4.77. The topological polar surface area (TPSA) is 84.4 Å². The first-order chi connectivity index (χ1) is 12.7. The number of hydrogen-bond acceptors (Lipinski definition) is 6. The number of carbonyl (C=O) groups is 1. The van der Waals surface area contributed by atoms with Crippen molar-refractivity contribution >= 4 is 17.0 Å². The van der Waals surface area contributed by atoms with E-state index in [1.807, 2.05) is 11.0 Å². The molecule has 1 saturated heterocycles. The van der Waals surface area contributed by atoms with E-state index >= 15 is 0 Å². The van der Waals surface area contributed by atoms with Gasteiger partial charge in [0.2, 0.25) is 0 Å². The molecule has 3 aromatic rings. The van der Waals surface area contributed by atoms with Gasteiger partial charge in [-0.25, -0.2) is 4.98 Å². The maximum absolute atomic E-state index is 13.4. The number of aryl methyl sites for hydroxylation is 1. The van der Waals surface area contributed by atoms with Crippen molar-refractivity contribution in [3.05, 3.63) is 35.7 Å². The van der Waals surface area contributed by atoms with E-state index < -0.39 is 0 Å². The highest BCUT2D eigenvalue weighted by molar-refractivity contribution is 6.07. The molecule has 3 aromatic heterocycles. The number of furan rings is 1. The number of hydrogen-bond donors (Lipinski definition) is 1. The van der Waals surface area contributed by atoms with Gasteiger partial charge in [-0.05, 0) is 31.5 Å². The molecular weight excluding hydrogens is 332 g/mol. The lowest BCUT2D eigenvalue weighted by atomic mass is 10.0. The van der Waals surface area contributed by atoms with Gasteiger partial charge in [-0.3, -0.25) is 4.79 Å². The predicted molar refractivity (Wildman–Crippen MR) is 96.9 cm³/mol. The van der Waals surface area contributed by atoms with Crippen LogP contribution in [0.4, 0.5) is 0 Å². The lowest BCUT2D eigenvalue weighted by Gasteiger charge is -2.34. The van der Waals surface area contributed by atoms with Crippen LogP contribution < -0.4 is 5.32 Å². The van der Waals surface area contributed by atoms with Crippen LogP contribution >= 0.6 is 0 Å². The zero-order valence-electron chi connectivity index (χ0n) is 15.0. The first-order valence-electron chi connectivity index (χ1n) is 9.04. The number of piperazine rings is 1. The first kappa shape index (κ1) is 16.8. The summed E-state index contributed by atoms with van der Waals surface area (Å²) >= 11 is 0. The Kier molecular flexibility index (Phi) is 4.46. The maximum atomic E-state index is 13.4. The summed E-state index contributed by atoms with van der Waals surface area (Å²) in [6.45, 7) is 6.38. The third-order valence-corrected chi connectivity index (χ3v) is 4.77. The highest BCUT2D eigenvalue weighted by atomic mass is 16.5. The van der Waals surface area contributed by atoms with E-state index in [1.54, 1.807) is 18.4 Å². The van der Waals surface area contributed by atoms with Gasteiger partial charge in [0.1, 0.15) is 5.69 Å². The fourth-order valence-corrected chi connectivity index (χ4v) is 3.43. The fraction of sp³-hybridized carbons (Fsp3) is 0.421. The van der Waals surface area contributed by atoms with Crippen molar-refractivity contribution in [1.82, 2.24) is 20.4 Å². The van der Waals surface area contributed by atoms with Gasteiger partial charge in [-0.2, -0.15) is 0 Å². The number of nitrogens with one attached hydrogen (secondary N) is 1. The molecule has 0 bridgehead atoms. The van der Waals surface area contributed by atoms with E-state index in [0.717, 1.165) is 37.0 Å². The Hall–Kier alpha value is -2.67. The highest BCUT2D eigenvalue weighted by Crippen LogP contribution is 2.29. The predicted octanol–water partition coefficient (Wildman–Crippen LogP) is 2.87. The number of nitrogens with zero attached hydrogens (tertiary/aromatic N) is 3. The zero-order chi connectivity index (χ0) is 18.1. The monoisotopic (exact) mass is 354 g/mol. The van der Waals surface area contributed by atoms with Crippen LogP contribution in [0, 0.1) is 0 Å². The Labute approximate surface area is 151 Å². The van der Waals surface area contributed by atoms with Gasteiger partial charge in [0.05, 0.1) is 22.9 Å². The smallest absolute Gasteiger partial charge is 0.259 e. The molecule has 0 spiro atoms. The standard InChI is InChI=1S/C19H22N4O3/c1-3-5-14-17-13(19(24)23-8-7-20-11-12(23)2)10-15(16-6-4-9-25-16)21-18(17)26-22-14/h4,6,9-10,12,20H,3,5,7-8,11H2,1-2H3/t12-/m1/s1. The molecule has 26 heavy (non-hydrogen) atoms. The SMILES string of the molecule is CCCc1noc2nc(-c3ccco3)cc(C(=O)N3CCNC[C@H]3C)c12. The summed E-state index contributed by atoms with van der Waals surface area (Å²) in [4.78, 5) is 19.8. The molecule has 1 atom stereocenters. The second-order valence-corrected chi connectivity index (χ2v) is 6.64. The van der Waals surface area contributed by atoms with Crippen LogP contribution in [0.3, 0.4) is 0 Å². The second-order valence-electron chi connectivity index (χ2n) is 6.64. The van der Waals surface area contributed by atoms with Crippen LogP contribution in [0.15, 0.2) is 33.4 Å². The number of pyridine rings is 1. The minimum absolute atomic E-state index is 0.0141. The molecule has 1 aliphatic heterocycles. The Morgan fingerprint density at radius 3 is 3.08 bits per heavy atom. The average Bonchev–Trinajstić information content (AvgIpc) is 3.31. The highest BCUT2D eigenvalue weighted by Gasteiger charge is 2.28. The molecule has 4 heterocycles. The summed E-state index contributed by atoms with van der Waals surface area (Å²) in [5.74, 6) is 0.586. The molecular formula is C19H22N4O3. The lowest BCUT2D eigenvalue weighted by Crippen LogP contribution is -2.52. The molecule has 4 rings (SSSR count). The molecule has 0 saturated carbocycles. The average molecular weight is 354 g/mol. The van der Waals surface area contributed by atoms with E-state index in [-0.39, 0.29) is 11.9 Å². The maximum Gasteiger partial charge on any atom is 0.259 e. The van der Waals surface area contributed by atoms with Crippen LogP contribution in [0.25, 0.3) is 22.6 Å². The zero-order valence-corrected chi connectivity index (χ0v) is 15.0. The summed E-state index contributed by atoms with van der Waals surface area (Å²) in [7, 11) is 0. The molecule has 0 unspecified atom stereocenters. The van der Waals surface area contributed by atoms with Gasteiger partial charge in [-0.1, -0.05) is 18.5 Å². The van der Waals surface area contributed by atoms with Gasteiger partial charge in [-0.15, -0.1) is 0 Å². The number of fused-ring (bicyclic) bond motifs is 1. The summed E-state index contributed by atoms with van der Waals surface area (Å²) in [5, 5.41) is 8.20. The van der Waals surface area contributed by atoms with E-state index in [2.05, 4.69) is 29.3 Å². The largest absolute Gasteiger partial charge is 0.463 e. The summed E-state index contributed by atoms with van der Waals surface area (Å²) in [5.41, 5.74) is 2.33. The molecule has 1 aliphatic rings. The number of aromatic nitrogens is 2. The minimum atomic E-state index is -0.0141. The lowest BCUT2D eigenvalue weighted by molar-refractivity contribution is 0.0657. The molecule has 1 amide bonds. The summed E-state index contributed by atoms with van der Waals surface area (Å²) in [6.07, 6.45) is 3.25. The third kappa shape index (κ3) is 2.88. The van der Waals surface area contributed by atoms with Crippen molar-refractivity contribution in [1.29, 1.82) is 0 Å². The van der Waals surface area contributed by atoms with Gasteiger partial charge >= 0.3 is 0 Å². The Morgan fingerprint density at radius 1 is 1.46 bits per heavy atom. The molecule has 0 aromatic carbocycles. The summed E-state index contributed by atoms with van der Waals surface area (Å²) < 4.78 is 10.9. The van der Waals surface area contributed by atoms with Crippen LogP contribution in [0.2, 0.25) is 0 Å². The molecule has 1 N–H and O–H groups in total. The van der Waals surface area contributed by atoms with Crippen LogP contribution in [0.1, 0.15) is 36.3 Å². The Bertz CT molecular complexity index is 916. The van der Waals surface area contributed by atoms with Gasteiger partial charge in [0.15, 0.2) is 5.76 Å². The molecule has 136 valence electrons. The van der Waals surface area contributed by atoms with E-state index in [0.29, 0.717) is 29.3 Å². The van der Waals surface area contributed by atoms with E-state index in [9.17, 15) is 4.79 Å². The second kappa shape index (κ2) is 6.92. The van der Waals surface area contributed by atoms with Gasteiger partial charge < -0.3 is 19.2 Å². The van der Waals surface area contributed by atoms with E-state index in [4.69, 9.17) is 8.94 Å². The number of carbonyl (C=O) groups excluding carboxylic acids is 1. The van der Waals surface area contributed by atoms with Crippen molar-refractivity contribution in [2.24, 2.45) is 0 Å². The fourth-order valence-electron chi connectivity index (χ4n) is 3.43. The van der Waals surface area contributed by atoms with Crippen LogP contribution in [-0.4, -0.2) is 46.6 Å². The Morgan fingerprint density at radius 2 is 2.35 bits per heavy atom. The molecule has 7 nitrogen and oxygen atoms in total. The minimum Gasteiger partial charge on any atom is -0.463 e. The quantitative estimate of drug-likeness (QED) is 0.775. The molecule has 7 heteroatoms. The van der Waals surface area contributed by atoms with Crippen molar-refractivity contribution in [3.63, 3.8) is 0 Å². The Balaban J connectivity index is 1.86. The van der Waals surface area contributed by atoms with E-state index in [1.165, 1.54) is 0 Å².